The van der Waals surface area contributed by atoms with Crippen molar-refractivity contribution in [3.8, 4) is 11.5 Å². The van der Waals surface area contributed by atoms with Crippen LogP contribution in [0.15, 0.2) is 36.4 Å². The van der Waals surface area contributed by atoms with E-state index in [-0.39, 0.29) is 23.9 Å². The summed E-state index contributed by atoms with van der Waals surface area (Å²) >= 11 is 5.86. The number of carbonyl (C=O) groups excluding carboxylic acids is 1. The second kappa shape index (κ2) is 6.30. The Balaban J connectivity index is 1.71. The fourth-order valence-corrected chi connectivity index (χ4v) is 2.61. The van der Waals surface area contributed by atoms with Gasteiger partial charge in [-0.05, 0) is 42.8 Å². The Morgan fingerprint density at radius 1 is 1.29 bits per heavy atom. The van der Waals surface area contributed by atoms with Crippen LogP contribution in [0, 0.1) is 5.82 Å². The zero-order chi connectivity index (χ0) is 17.3. The third kappa shape index (κ3) is 3.29. The highest BCUT2D eigenvalue weighted by Crippen LogP contribution is 2.35. The van der Waals surface area contributed by atoms with Gasteiger partial charge in [-0.15, -0.1) is 0 Å². The van der Waals surface area contributed by atoms with Crippen molar-refractivity contribution in [3.05, 3.63) is 58.4 Å². The van der Waals surface area contributed by atoms with Crippen LogP contribution in [0.3, 0.4) is 0 Å². The predicted octanol–water partition coefficient (Wildman–Crippen LogP) is 2.85. The molecular weight excluding hydrogens is 337 g/mol. The number of rotatable bonds is 4. The van der Waals surface area contributed by atoms with Gasteiger partial charge in [0.15, 0.2) is 11.5 Å². The van der Waals surface area contributed by atoms with Gasteiger partial charge in [0, 0.05) is 0 Å². The summed E-state index contributed by atoms with van der Waals surface area (Å²) in [4.78, 5) is 12.2. The van der Waals surface area contributed by atoms with Crippen molar-refractivity contribution in [1.82, 2.24) is 5.32 Å². The van der Waals surface area contributed by atoms with Gasteiger partial charge in [0.25, 0.3) is 5.91 Å². The molecule has 1 unspecified atom stereocenters. The van der Waals surface area contributed by atoms with E-state index in [1.165, 1.54) is 6.07 Å². The number of aliphatic hydroxyl groups is 1. The van der Waals surface area contributed by atoms with Crippen molar-refractivity contribution in [2.75, 3.05) is 13.3 Å². The van der Waals surface area contributed by atoms with Crippen molar-refractivity contribution >= 4 is 17.5 Å². The molecule has 1 atom stereocenters. The first-order chi connectivity index (χ1) is 11.4. The maximum atomic E-state index is 13.0. The van der Waals surface area contributed by atoms with Crippen molar-refractivity contribution in [3.63, 3.8) is 0 Å². The number of hydrogen-bond donors (Lipinski definition) is 2. The minimum absolute atomic E-state index is 0.00947. The van der Waals surface area contributed by atoms with Crippen LogP contribution in [0.5, 0.6) is 11.5 Å². The monoisotopic (exact) mass is 351 g/mol. The third-order valence-electron chi connectivity index (χ3n) is 3.76. The molecule has 1 aliphatic rings. The van der Waals surface area contributed by atoms with Crippen molar-refractivity contribution in [2.45, 2.75) is 12.5 Å². The molecule has 0 bridgehead atoms. The van der Waals surface area contributed by atoms with Crippen LogP contribution in [0.1, 0.15) is 22.8 Å². The Kier molecular flexibility index (Phi) is 4.34. The average molecular weight is 352 g/mol. The largest absolute Gasteiger partial charge is 0.454 e. The molecule has 0 saturated carbocycles. The number of halogens is 2. The van der Waals surface area contributed by atoms with Crippen LogP contribution in [-0.2, 0) is 5.60 Å². The maximum Gasteiger partial charge on any atom is 0.252 e. The van der Waals surface area contributed by atoms with E-state index in [2.05, 4.69) is 5.32 Å². The van der Waals surface area contributed by atoms with Gasteiger partial charge in [-0.25, -0.2) is 4.39 Å². The molecule has 2 aromatic carbocycles. The minimum atomic E-state index is -1.33. The molecule has 1 heterocycles. The van der Waals surface area contributed by atoms with Crippen LogP contribution in [0.4, 0.5) is 4.39 Å². The molecule has 0 aliphatic carbocycles. The molecule has 2 N–H and O–H groups in total. The fourth-order valence-electron chi connectivity index (χ4n) is 2.35. The van der Waals surface area contributed by atoms with Gasteiger partial charge in [-0.2, -0.15) is 0 Å². The molecule has 0 radical (unpaired) electrons. The lowest BCUT2D eigenvalue weighted by Crippen LogP contribution is -2.38. The molecule has 0 spiro atoms. The summed E-state index contributed by atoms with van der Waals surface area (Å²) in [6.45, 7) is 1.65. The van der Waals surface area contributed by atoms with Gasteiger partial charge < -0.3 is 19.9 Å². The van der Waals surface area contributed by atoms with Gasteiger partial charge in [0.2, 0.25) is 6.79 Å². The summed E-state index contributed by atoms with van der Waals surface area (Å²) in [5.41, 5.74) is -0.625. The summed E-state index contributed by atoms with van der Waals surface area (Å²) < 4.78 is 23.5. The molecule has 24 heavy (non-hydrogen) atoms. The van der Waals surface area contributed by atoms with Crippen molar-refractivity contribution in [1.29, 1.82) is 0 Å². The Morgan fingerprint density at radius 2 is 2.04 bits per heavy atom. The zero-order valence-electron chi connectivity index (χ0n) is 12.8. The molecule has 1 aliphatic heterocycles. The van der Waals surface area contributed by atoms with Crippen LogP contribution >= 0.6 is 11.6 Å². The number of carbonyl (C=O) groups is 1. The van der Waals surface area contributed by atoms with Gasteiger partial charge in [0.05, 0.1) is 17.1 Å². The lowest BCUT2D eigenvalue weighted by molar-refractivity contribution is 0.0525. The first kappa shape index (κ1) is 16.5. The van der Waals surface area contributed by atoms with E-state index < -0.39 is 17.3 Å². The molecule has 126 valence electrons. The summed E-state index contributed by atoms with van der Waals surface area (Å²) in [7, 11) is 0. The Hall–Kier alpha value is -2.31. The summed E-state index contributed by atoms with van der Waals surface area (Å²) in [6, 6.07) is 8.57. The van der Waals surface area contributed by atoms with Crippen LogP contribution in [0.25, 0.3) is 0 Å². The van der Waals surface area contributed by atoms with Crippen LogP contribution in [-0.4, -0.2) is 24.4 Å². The highest BCUT2D eigenvalue weighted by molar-refractivity contribution is 6.33. The molecule has 5 nitrogen and oxygen atoms in total. The number of hydrogen-bond acceptors (Lipinski definition) is 4. The molecular formula is C17H15ClFNO4. The van der Waals surface area contributed by atoms with Gasteiger partial charge in [-0.1, -0.05) is 17.7 Å². The van der Waals surface area contributed by atoms with Crippen LogP contribution < -0.4 is 14.8 Å². The average Bonchev–Trinajstić information content (AvgIpc) is 3.00. The second-order valence-electron chi connectivity index (χ2n) is 5.65. The molecule has 0 aromatic heterocycles. The Bertz CT molecular complexity index is 794. The second-order valence-corrected chi connectivity index (χ2v) is 6.06. The highest BCUT2D eigenvalue weighted by Gasteiger charge is 2.27. The summed E-state index contributed by atoms with van der Waals surface area (Å²) in [5, 5.41) is 13.2. The Morgan fingerprint density at radius 3 is 2.79 bits per heavy atom. The van der Waals surface area contributed by atoms with Gasteiger partial charge >= 0.3 is 0 Å². The zero-order valence-corrected chi connectivity index (χ0v) is 13.6. The van der Waals surface area contributed by atoms with Crippen LogP contribution in [0.2, 0.25) is 5.02 Å². The first-order valence-electron chi connectivity index (χ1n) is 7.22. The third-order valence-corrected chi connectivity index (χ3v) is 4.08. The van der Waals surface area contributed by atoms with E-state index in [1.54, 1.807) is 25.1 Å². The van der Waals surface area contributed by atoms with Gasteiger partial charge in [0.1, 0.15) is 11.4 Å². The number of benzene rings is 2. The minimum Gasteiger partial charge on any atom is -0.454 e. The summed E-state index contributed by atoms with van der Waals surface area (Å²) in [6.07, 6.45) is 0. The van der Waals surface area contributed by atoms with Crippen molar-refractivity contribution in [2.24, 2.45) is 0 Å². The molecule has 7 heteroatoms. The highest BCUT2D eigenvalue weighted by atomic mass is 35.5. The lowest BCUT2D eigenvalue weighted by Gasteiger charge is -2.24. The topological polar surface area (TPSA) is 67.8 Å². The molecule has 0 saturated heterocycles. The number of ether oxygens (including phenoxy) is 2. The van der Waals surface area contributed by atoms with E-state index in [9.17, 15) is 14.3 Å². The lowest BCUT2D eigenvalue weighted by atomic mass is 9.95. The van der Waals surface area contributed by atoms with Crippen molar-refractivity contribution < 1.29 is 23.8 Å². The number of nitrogens with one attached hydrogen (secondary N) is 1. The Labute approximate surface area is 143 Å². The fraction of sp³-hybridized carbons (Fsp3) is 0.235. The normalized spacial score (nSPS) is 15.0. The molecule has 0 fully saturated rings. The van der Waals surface area contributed by atoms with Gasteiger partial charge in [-0.3, -0.25) is 4.79 Å². The molecule has 3 rings (SSSR count). The SMILES string of the molecule is CC(O)(CNC(=O)c1ccc(F)cc1Cl)c1ccc2c(c1)OCO2. The number of amides is 1. The van der Waals surface area contributed by atoms with E-state index in [0.717, 1.165) is 12.1 Å². The van der Waals surface area contributed by atoms with E-state index >= 15 is 0 Å². The maximum absolute atomic E-state index is 13.0. The first-order valence-corrected chi connectivity index (χ1v) is 7.60. The quantitative estimate of drug-likeness (QED) is 0.888. The van der Waals surface area contributed by atoms with E-state index in [4.69, 9.17) is 21.1 Å². The standard InChI is InChI=1S/C17H15ClFNO4/c1-17(22,10-2-5-14-15(6-10)24-9-23-14)8-20-16(21)12-4-3-11(19)7-13(12)18/h2-7,22H,8-9H2,1H3,(H,20,21). The number of fused-ring (bicyclic) bond motifs is 1. The smallest absolute Gasteiger partial charge is 0.252 e. The summed E-state index contributed by atoms with van der Waals surface area (Å²) in [5.74, 6) is 0.127. The molecule has 1 amide bonds. The van der Waals surface area contributed by atoms with E-state index in [1.807, 2.05) is 0 Å². The van der Waals surface area contributed by atoms with E-state index in [0.29, 0.717) is 17.1 Å². The molecule has 2 aromatic rings. The predicted molar refractivity (Wildman–Crippen MR) is 85.9 cm³/mol.